The summed E-state index contributed by atoms with van der Waals surface area (Å²) in [6, 6.07) is 16.8. The molecule has 1 aliphatic heterocycles. The molecule has 0 atom stereocenters. The number of halogens is 1. The van der Waals surface area contributed by atoms with Gasteiger partial charge in [0.2, 0.25) is 0 Å². The Morgan fingerprint density at radius 1 is 0.875 bits per heavy atom. The highest BCUT2D eigenvalue weighted by molar-refractivity contribution is 5.82. The van der Waals surface area contributed by atoms with Gasteiger partial charge in [-0.2, -0.15) is 0 Å². The third-order valence-electron chi connectivity index (χ3n) is 4.40. The fraction of sp³-hybridized carbons (Fsp3) is 0.350. The zero-order valence-electron chi connectivity index (χ0n) is 13.8. The number of rotatable bonds is 6. The van der Waals surface area contributed by atoms with Crippen LogP contribution in [0.15, 0.2) is 54.6 Å². The molecule has 0 amide bonds. The smallest absolute Gasteiger partial charge is 0.151 e. The molecule has 0 N–H and O–H groups in total. The third-order valence-corrected chi connectivity index (χ3v) is 4.40. The van der Waals surface area contributed by atoms with Crippen LogP contribution in [0.5, 0.6) is 0 Å². The van der Waals surface area contributed by atoms with Crippen LogP contribution in [0.2, 0.25) is 0 Å². The summed E-state index contributed by atoms with van der Waals surface area (Å²) in [7, 11) is 0. The first-order valence-corrected chi connectivity index (χ1v) is 8.44. The van der Waals surface area contributed by atoms with Gasteiger partial charge in [-0.15, -0.1) is 0 Å². The predicted octanol–water partition coefficient (Wildman–Crippen LogP) is 2.76. The molecule has 1 heterocycles. The lowest BCUT2D eigenvalue weighted by atomic mass is 10.1. The Morgan fingerprint density at radius 3 is 2.25 bits per heavy atom. The zero-order chi connectivity index (χ0) is 16.8. The van der Waals surface area contributed by atoms with Crippen molar-refractivity contribution in [3.63, 3.8) is 0 Å². The van der Waals surface area contributed by atoms with Crippen molar-refractivity contribution in [2.45, 2.75) is 13.0 Å². The SMILES string of the molecule is O=C(Cc1cccc(F)c1)CN1CCN(Cc2ccccc2)CC1. The second-order valence-electron chi connectivity index (χ2n) is 6.38. The van der Waals surface area contributed by atoms with E-state index in [-0.39, 0.29) is 11.6 Å². The van der Waals surface area contributed by atoms with E-state index in [4.69, 9.17) is 0 Å². The van der Waals surface area contributed by atoms with Crippen molar-refractivity contribution in [1.29, 1.82) is 0 Å². The Labute approximate surface area is 142 Å². The van der Waals surface area contributed by atoms with Crippen molar-refractivity contribution in [3.05, 3.63) is 71.5 Å². The highest BCUT2D eigenvalue weighted by Crippen LogP contribution is 2.09. The van der Waals surface area contributed by atoms with Crippen molar-refractivity contribution < 1.29 is 9.18 Å². The number of ketones is 1. The molecule has 4 heteroatoms. The van der Waals surface area contributed by atoms with E-state index < -0.39 is 0 Å². The van der Waals surface area contributed by atoms with E-state index in [1.807, 2.05) is 6.07 Å². The van der Waals surface area contributed by atoms with Crippen LogP contribution in [0.4, 0.5) is 4.39 Å². The lowest BCUT2D eigenvalue weighted by Gasteiger charge is -2.34. The number of benzene rings is 2. The Hall–Kier alpha value is -2.04. The zero-order valence-corrected chi connectivity index (χ0v) is 13.8. The number of piperazine rings is 1. The second-order valence-corrected chi connectivity index (χ2v) is 6.38. The molecule has 2 aromatic carbocycles. The largest absolute Gasteiger partial charge is 0.298 e. The maximum atomic E-state index is 13.2. The van der Waals surface area contributed by atoms with Gasteiger partial charge in [0, 0.05) is 39.1 Å². The minimum absolute atomic E-state index is 0.150. The summed E-state index contributed by atoms with van der Waals surface area (Å²) in [6.07, 6.45) is 0.308. The average molecular weight is 326 g/mol. The van der Waals surface area contributed by atoms with Gasteiger partial charge in [0.1, 0.15) is 5.82 Å². The molecule has 24 heavy (non-hydrogen) atoms. The normalized spacial score (nSPS) is 16.2. The van der Waals surface area contributed by atoms with E-state index in [9.17, 15) is 9.18 Å². The summed E-state index contributed by atoms with van der Waals surface area (Å²) >= 11 is 0. The first-order chi connectivity index (χ1) is 11.7. The summed E-state index contributed by atoms with van der Waals surface area (Å²) in [5, 5.41) is 0. The van der Waals surface area contributed by atoms with Gasteiger partial charge < -0.3 is 0 Å². The van der Waals surface area contributed by atoms with Gasteiger partial charge in [-0.05, 0) is 23.3 Å². The molecule has 0 bridgehead atoms. The lowest BCUT2D eigenvalue weighted by molar-refractivity contribution is -0.120. The second kappa shape index (κ2) is 8.18. The minimum atomic E-state index is -0.283. The fourth-order valence-electron chi connectivity index (χ4n) is 3.13. The Balaban J connectivity index is 1.42. The van der Waals surface area contributed by atoms with Crippen molar-refractivity contribution in [1.82, 2.24) is 9.80 Å². The number of carbonyl (C=O) groups is 1. The molecule has 0 saturated carbocycles. The Kier molecular flexibility index (Phi) is 5.72. The van der Waals surface area contributed by atoms with Crippen LogP contribution >= 0.6 is 0 Å². The molecule has 0 aliphatic carbocycles. The van der Waals surface area contributed by atoms with Crippen molar-refractivity contribution >= 4 is 5.78 Å². The van der Waals surface area contributed by atoms with Gasteiger partial charge in [-0.1, -0.05) is 42.5 Å². The molecule has 1 aliphatic rings. The molecule has 3 nitrogen and oxygen atoms in total. The van der Waals surface area contributed by atoms with E-state index in [0.29, 0.717) is 13.0 Å². The van der Waals surface area contributed by atoms with Crippen molar-refractivity contribution in [3.8, 4) is 0 Å². The van der Waals surface area contributed by atoms with Gasteiger partial charge >= 0.3 is 0 Å². The van der Waals surface area contributed by atoms with Crippen LogP contribution in [-0.4, -0.2) is 48.3 Å². The average Bonchev–Trinajstić information content (AvgIpc) is 2.57. The molecular formula is C20H23FN2O. The molecule has 0 spiro atoms. The first-order valence-electron chi connectivity index (χ1n) is 8.44. The summed E-state index contributed by atoms with van der Waals surface area (Å²) in [6.45, 7) is 5.18. The topological polar surface area (TPSA) is 23.6 Å². The maximum absolute atomic E-state index is 13.2. The van der Waals surface area contributed by atoms with Crippen molar-refractivity contribution in [2.24, 2.45) is 0 Å². The van der Waals surface area contributed by atoms with E-state index in [1.54, 1.807) is 12.1 Å². The summed E-state index contributed by atoms with van der Waals surface area (Å²) in [5.41, 5.74) is 2.08. The quantitative estimate of drug-likeness (QED) is 0.815. The number of nitrogens with zero attached hydrogens (tertiary/aromatic N) is 2. The van der Waals surface area contributed by atoms with Gasteiger partial charge in [0.15, 0.2) is 5.78 Å². The molecule has 126 valence electrons. The van der Waals surface area contributed by atoms with Gasteiger partial charge in [0.05, 0.1) is 6.54 Å². The highest BCUT2D eigenvalue weighted by Gasteiger charge is 2.19. The number of hydrogen-bond acceptors (Lipinski definition) is 3. The monoisotopic (exact) mass is 326 g/mol. The molecule has 2 aromatic rings. The summed E-state index contributed by atoms with van der Waals surface area (Å²) in [4.78, 5) is 16.8. The Bertz CT molecular complexity index is 666. The molecule has 1 fully saturated rings. The van der Waals surface area contributed by atoms with E-state index in [2.05, 4.69) is 34.1 Å². The minimum Gasteiger partial charge on any atom is -0.298 e. The van der Waals surface area contributed by atoms with Crippen LogP contribution in [0.3, 0.4) is 0 Å². The van der Waals surface area contributed by atoms with Crippen LogP contribution in [-0.2, 0) is 17.8 Å². The van der Waals surface area contributed by atoms with E-state index >= 15 is 0 Å². The van der Waals surface area contributed by atoms with Crippen LogP contribution in [0.25, 0.3) is 0 Å². The third kappa shape index (κ3) is 4.98. The standard InChI is InChI=1S/C20H23FN2O/c21-19-8-4-7-18(13-19)14-20(24)16-23-11-9-22(10-12-23)15-17-5-2-1-3-6-17/h1-8,13H,9-12,14-16H2. The van der Waals surface area contributed by atoms with Crippen LogP contribution in [0.1, 0.15) is 11.1 Å². The molecule has 3 rings (SSSR count). The summed E-state index contributed by atoms with van der Waals surface area (Å²) in [5.74, 6) is -0.132. The van der Waals surface area contributed by atoms with Crippen LogP contribution < -0.4 is 0 Å². The van der Waals surface area contributed by atoms with E-state index in [1.165, 1.54) is 17.7 Å². The van der Waals surface area contributed by atoms with Crippen molar-refractivity contribution in [2.75, 3.05) is 32.7 Å². The molecular weight excluding hydrogens is 303 g/mol. The van der Waals surface area contributed by atoms with Gasteiger partial charge in [0.25, 0.3) is 0 Å². The van der Waals surface area contributed by atoms with E-state index in [0.717, 1.165) is 38.3 Å². The predicted molar refractivity (Wildman–Crippen MR) is 93.3 cm³/mol. The fourth-order valence-corrected chi connectivity index (χ4v) is 3.13. The molecule has 0 unspecified atom stereocenters. The van der Waals surface area contributed by atoms with Crippen LogP contribution in [0, 0.1) is 5.82 Å². The molecule has 0 radical (unpaired) electrons. The highest BCUT2D eigenvalue weighted by atomic mass is 19.1. The maximum Gasteiger partial charge on any atom is 0.151 e. The first kappa shape index (κ1) is 16.8. The molecule has 0 aromatic heterocycles. The number of Topliss-reactive ketones (excluding diaryl/α,β-unsaturated/α-hetero) is 1. The van der Waals surface area contributed by atoms with Gasteiger partial charge in [-0.3, -0.25) is 14.6 Å². The van der Waals surface area contributed by atoms with Gasteiger partial charge in [-0.25, -0.2) is 4.39 Å². The summed E-state index contributed by atoms with van der Waals surface area (Å²) < 4.78 is 13.2. The number of hydrogen-bond donors (Lipinski definition) is 0. The molecule has 1 saturated heterocycles. The Morgan fingerprint density at radius 2 is 1.54 bits per heavy atom. The lowest BCUT2D eigenvalue weighted by Crippen LogP contribution is -2.47. The number of carbonyl (C=O) groups excluding carboxylic acids is 1.